The van der Waals surface area contributed by atoms with E-state index in [4.69, 9.17) is 16.3 Å². The zero-order chi connectivity index (χ0) is 19.4. The van der Waals surface area contributed by atoms with Crippen LogP contribution in [0.1, 0.15) is 84.5 Å². The van der Waals surface area contributed by atoms with Crippen LogP contribution in [-0.2, 0) is 0 Å². The molecule has 4 aliphatic rings. The Morgan fingerprint density at radius 1 is 1.00 bits per heavy atom. The SMILES string of the molecule is CC[C@]12CC[C@H]3[C@@H](CC[C@H]4CCCC[C@@]43C)[C@@H]1C[C@H](Oc1ccc(Cl)cc1)C2. The second kappa shape index (κ2) is 7.22. The quantitative estimate of drug-likeness (QED) is 0.500. The molecular weight excluding hydrogens is 364 g/mol. The summed E-state index contributed by atoms with van der Waals surface area (Å²) < 4.78 is 6.50. The Kier molecular flexibility index (Phi) is 4.97. The molecule has 1 nitrogen and oxygen atoms in total. The largest absolute Gasteiger partial charge is 0.490 e. The molecule has 0 aliphatic heterocycles. The summed E-state index contributed by atoms with van der Waals surface area (Å²) in [4.78, 5) is 0. The Morgan fingerprint density at radius 2 is 1.82 bits per heavy atom. The van der Waals surface area contributed by atoms with Crippen LogP contribution < -0.4 is 4.74 Å². The van der Waals surface area contributed by atoms with E-state index in [9.17, 15) is 0 Å². The predicted octanol–water partition coefficient (Wildman–Crippen LogP) is 7.91. The number of benzene rings is 1. The number of rotatable bonds is 3. The second-order valence-corrected chi connectivity index (χ2v) is 11.2. The van der Waals surface area contributed by atoms with Crippen LogP contribution in [0.3, 0.4) is 0 Å². The maximum absolute atomic E-state index is 6.50. The van der Waals surface area contributed by atoms with Crippen molar-refractivity contribution in [1.29, 1.82) is 0 Å². The molecule has 0 saturated heterocycles. The highest BCUT2D eigenvalue weighted by Gasteiger charge is 2.59. The molecule has 4 aliphatic carbocycles. The fraction of sp³-hybridized carbons (Fsp3) is 0.769. The van der Waals surface area contributed by atoms with Gasteiger partial charge in [-0.15, -0.1) is 0 Å². The van der Waals surface area contributed by atoms with Crippen molar-refractivity contribution in [2.24, 2.45) is 34.5 Å². The summed E-state index contributed by atoms with van der Waals surface area (Å²) in [6.07, 6.45) is 16.1. The molecule has 4 saturated carbocycles. The molecule has 7 atom stereocenters. The third-order valence-corrected chi connectivity index (χ3v) is 10.1. The van der Waals surface area contributed by atoms with Crippen molar-refractivity contribution < 1.29 is 4.74 Å². The van der Waals surface area contributed by atoms with E-state index >= 15 is 0 Å². The molecule has 0 bridgehead atoms. The number of fused-ring (bicyclic) bond motifs is 5. The van der Waals surface area contributed by atoms with Gasteiger partial charge >= 0.3 is 0 Å². The highest BCUT2D eigenvalue weighted by Crippen LogP contribution is 2.67. The van der Waals surface area contributed by atoms with Gasteiger partial charge in [-0.1, -0.05) is 44.7 Å². The summed E-state index contributed by atoms with van der Waals surface area (Å²) in [5.74, 6) is 4.82. The molecular formula is C26H37ClO. The van der Waals surface area contributed by atoms with Crippen LogP contribution in [0.4, 0.5) is 0 Å². The summed E-state index contributed by atoms with van der Waals surface area (Å²) in [7, 11) is 0. The van der Waals surface area contributed by atoms with Crippen LogP contribution in [0, 0.1) is 34.5 Å². The second-order valence-electron chi connectivity index (χ2n) is 10.8. The minimum Gasteiger partial charge on any atom is -0.490 e. The lowest BCUT2D eigenvalue weighted by molar-refractivity contribution is -0.108. The highest BCUT2D eigenvalue weighted by atomic mass is 35.5. The van der Waals surface area contributed by atoms with Crippen LogP contribution in [0.2, 0.25) is 5.02 Å². The molecule has 0 aromatic heterocycles. The lowest BCUT2D eigenvalue weighted by Crippen LogP contribution is -2.52. The molecule has 0 unspecified atom stereocenters. The molecule has 0 heterocycles. The molecule has 154 valence electrons. The van der Waals surface area contributed by atoms with Gasteiger partial charge in [-0.05, 0) is 110 Å². The summed E-state index contributed by atoms with van der Waals surface area (Å²) in [5.41, 5.74) is 1.17. The molecule has 1 aromatic carbocycles. The molecule has 0 N–H and O–H groups in total. The van der Waals surface area contributed by atoms with Gasteiger partial charge in [0.15, 0.2) is 0 Å². The lowest BCUT2D eigenvalue weighted by Gasteiger charge is -2.60. The van der Waals surface area contributed by atoms with E-state index in [-0.39, 0.29) is 0 Å². The first kappa shape index (κ1) is 19.3. The normalized spacial score (nSPS) is 45.0. The first-order valence-corrected chi connectivity index (χ1v) is 12.3. The topological polar surface area (TPSA) is 9.23 Å². The number of hydrogen-bond donors (Lipinski definition) is 0. The van der Waals surface area contributed by atoms with Gasteiger partial charge in [0.25, 0.3) is 0 Å². The van der Waals surface area contributed by atoms with E-state index in [0.29, 0.717) is 16.9 Å². The zero-order valence-corrected chi connectivity index (χ0v) is 18.5. The van der Waals surface area contributed by atoms with Crippen LogP contribution in [0.15, 0.2) is 24.3 Å². The van der Waals surface area contributed by atoms with Gasteiger partial charge in [-0.3, -0.25) is 0 Å². The molecule has 28 heavy (non-hydrogen) atoms. The molecule has 0 radical (unpaired) electrons. The van der Waals surface area contributed by atoms with Crippen molar-refractivity contribution in [3.63, 3.8) is 0 Å². The third kappa shape index (κ3) is 3.03. The smallest absolute Gasteiger partial charge is 0.119 e. The summed E-state index contributed by atoms with van der Waals surface area (Å²) in [6.45, 7) is 5.13. The van der Waals surface area contributed by atoms with Crippen LogP contribution in [0.5, 0.6) is 5.75 Å². The van der Waals surface area contributed by atoms with E-state index in [1.165, 1.54) is 70.6 Å². The first-order chi connectivity index (χ1) is 13.5. The van der Waals surface area contributed by atoms with Crippen molar-refractivity contribution in [2.75, 3.05) is 0 Å². The van der Waals surface area contributed by atoms with E-state index in [1.54, 1.807) is 0 Å². The van der Waals surface area contributed by atoms with Crippen molar-refractivity contribution in [3.05, 3.63) is 29.3 Å². The minimum atomic E-state index is 0.391. The third-order valence-electron chi connectivity index (χ3n) is 9.89. The van der Waals surface area contributed by atoms with E-state index in [0.717, 1.165) is 34.4 Å². The molecule has 5 rings (SSSR count). The molecule has 4 fully saturated rings. The summed E-state index contributed by atoms with van der Waals surface area (Å²) in [6, 6.07) is 7.99. The van der Waals surface area contributed by atoms with E-state index in [2.05, 4.69) is 13.8 Å². The maximum Gasteiger partial charge on any atom is 0.119 e. The Labute approximate surface area is 176 Å². The van der Waals surface area contributed by atoms with Crippen molar-refractivity contribution in [1.82, 2.24) is 0 Å². The monoisotopic (exact) mass is 400 g/mol. The predicted molar refractivity (Wildman–Crippen MR) is 117 cm³/mol. The number of hydrogen-bond acceptors (Lipinski definition) is 1. The van der Waals surface area contributed by atoms with Gasteiger partial charge in [0.2, 0.25) is 0 Å². The Bertz CT molecular complexity index is 699. The van der Waals surface area contributed by atoms with Crippen molar-refractivity contribution in [3.8, 4) is 5.75 Å². The summed E-state index contributed by atoms with van der Waals surface area (Å²) in [5, 5.41) is 0.790. The average Bonchev–Trinajstić information content (AvgIpc) is 3.08. The van der Waals surface area contributed by atoms with Crippen LogP contribution in [0.25, 0.3) is 0 Å². The summed E-state index contributed by atoms with van der Waals surface area (Å²) >= 11 is 6.06. The number of halogens is 1. The zero-order valence-electron chi connectivity index (χ0n) is 17.8. The highest BCUT2D eigenvalue weighted by molar-refractivity contribution is 6.30. The molecule has 0 spiro atoms. The van der Waals surface area contributed by atoms with E-state index in [1.807, 2.05) is 24.3 Å². The van der Waals surface area contributed by atoms with Gasteiger partial charge in [-0.25, -0.2) is 0 Å². The van der Waals surface area contributed by atoms with Gasteiger partial charge in [0.1, 0.15) is 5.75 Å². The Balaban J connectivity index is 1.37. The van der Waals surface area contributed by atoms with E-state index < -0.39 is 0 Å². The lowest BCUT2D eigenvalue weighted by atomic mass is 9.45. The van der Waals surface area contributed by atoms with Gasteiger partial charge in [-0.2, -0.15) is 0 Å². The van der Waals surface area contributed by atoms with Crippen molar-refractivity contribution >= 4 is 11.6 Å². The Morgan fingerprint density at radius 3 is 2.61 bits per heavy atom. The standard InChI is InChI=1S/C26H37ClO/c1-3-26-15-13-23-22(12-7-18-6-4-5-14-25(18,23)2)24(26)16-21(17-26)28-20-10-8-19(27)9-11-20/h8-11,18,21-24H,3-7,12-17H2,1-2H3/t18-,21+,22-,23+,24+,25+,26-/m1/s1. The van der Waals surface area contributed by atoms with Gasteiger partial charge in [0.05, 0.1) is 6.10 Å². The van der Waals surface area contributed by atoms with Crippen LogP contribution in [-0.4, -0.2) is 6.10 Å². The molecule has 1 aromatic rings. The van der Waals surface area contributed by atoms with Crippen molar-refractivity contribution in [2.45, 2.75) is 90.6 Å². The molecule has 2 heteroatoms. The minimum absolute atomic E-state index is 0.391. The fourth-order valence-corrected chi connectivity index (χ4v) is 8.59. The molecule has 0 amide bonds. The van der Waals surface area contributed by atoms with Crippen LogP contribution >= 0.6 is 11.6 Å². The van der Waals surface area contributed by atoms with Gasteiger partial charge < -0.3 is 4.74 Å². The average molecular weight is 401 g/mol. The Hall–Kier alpha value is -0.690. The first-order valence-electron chi connectivity index (χ1n) is 12.0. The maximum atomic E-state index is 6.50. The fourth-order valence-electron chi connectivity index (χ4n) is 8.46. The van der Waals surface area contributed by atoms with Gasteiger partial charge in [0, 0.05) is 5.02 Å². The number of ether oxygens (including phenoxy) is 1.